The van der Waals surface area contributed by atoms with Gasteiger partial charge in [0.25, 0.3) is 5.91 Å². The van der Waals surface area contributed by atoms with Gasteiger partial charge in [-0.05, 0) is 54.6 Å². The Morgan fingerprint density at radius 1 is 1.03 bits per heavy atom. The van der Waals surface area contributed by atoms with Crippen molar-refractivity contribution in [3.05, 3.63) is 77.9 Å². The summed E-state index contributed by atoms with van der Waals surface area (Å²) in [6, 6.07) is 13.8. The van der Waals surface area contributed by atoms with Crippen molar-refractivity contribution in [2.45, 2.75) is 12.9 Å². The Balaban J connectivity index is 1.51. The molecule has 7 nitrogen and oxygen atoms in total. The number of fused-ring (bicyclic) bond motifs is 1. The Kier molecular flexibility index (Phi) is 5.24. The zero-order valence-corrected chi connectivity index (χ0v) is 15.6. The fraction of sp³-hybridized carbons (Fsp3) is 0.100. The van der Waals surface area contributed by atoms with E-state index in [1.807, 2.05) is 0 Å². The number of halogens is 4. The number of rotatable bonds is 5. The van der Waals surface area contributed by atoms with Gasteiger partial charge in [0.1, 0.15) is 11.6 Å². The van der Waals surface area contributed by atoms with Crippen LogP contribution in [0.25, 0.3) is 16.9 Å². The summed E-state index contributed by atoms with van der Waals surface area (Å²) in [5.74, 6) is -1.20. The third-order valence-electron chi connectivity index (χ3n) is 4.20. The smallest absolute Gasteiger partial charge is 0.406 e. The number of hydrogen-bond donors (Lipinski definition) is 1. The monoisotopic (exact) mass is 431 g/mol. The molecule has 0 aliphatic carbocycles. The Bertz CT molecular complexity index is 1240. The van der Waals surface area contributed by atoms with E-state index in [0.717, 1.165) is 12.1 Å². The first-order chi connectivity index (χ1) is 14.8. The van der Waals surface area contributed by atoms with Gasteiger partial charge in [-0.2, -0.15) is 9.61 Å². The highest BCUT2D eigenvalue weighted by molar-refractivity contribution is 5.94. The van der Waals surface area contributed by atoms with E-state index >= 15 is 0 Å². The minimum Gasteiger partial charge on any atom is -0.406 e. The molecule has 0 spiro atoms. The Morgan fingerprint density at radius 3 is 2.55 bits per heavy atom. The Morgan fingerprint density at radius 2 is 1.81 bits per heavy atom. The largest absolute Gasteiger partial charge is 0.573 e. The molecule has 4 rings (SSSR count). The van der Waals surface area contributed by atoms with Crippen LogP contribution >= 0.6 is 0 Å². The summed E-state index contributed by atoms with van der Waals surface area (Å²) >= 11 is 0. The molecule has 4 aromatic rings. The second-order valence-electron chi connectivity index (χ2n) is 6.37. The van der Waals surface area contributed by atoms with Crippen LogP contribution in [0.3, 0.4) is 0 Å². The molecular weight excluding hydrogens is 418 g/mol. The van der Waals surface area contributed by atoms with Gasteiger partial charge in [-0.25, -0.2) is 4.39 Å². The molecule has 2 aromatic heterocycles. The fourth-order valence-corrected chi connectivity index (χ4v) is 2.81. The lowest BCUT2D eigenvalue weighted by molar-refractivity contribution is -0.274. The van der Waals surface area contributed by atoms with Gasteiger partial charge in [-0.15, -0.1) is 23.4 Å². The molecule has 0 atom stereocenters. The number of ether oxygens (including phenoxy) is 1. The zero-order valence-electron chi connectivity index (χ0n) is 15.6. The standard InChI is InChI=1S/C20H13F4N5O2/c21-14-6-4-12(5-7-14)16-8-9-17-26-27-18(29(17)28-16)11-25-19(30)13-2-1-3-15(10-13)31-20(22,23)24/h1-10H,11H2,(H,25,30). The Labute approximate surface area is 172 Å². The maximum atomic E-state index is 13.1. The van der Waals surface area contributed by atoms with Gasteiger partial charge in [0, 0.05) is 11.1 Å². The number of nitrogens with one attached hydrogen (secondary N) is 1. The number of benzene rings is 2. The number of amides is 1. The van der Waals surface area contributed by atoms with Crippen LogP contribution in [0.1, 0.15) is 16.2 Å². The molecule has 2 aromatic carbocycles. The van der Waals surface area contributed by atoms with Crippen molar-refractivity contribution in [1.29, 1.82) is 0 Å². The molecule has 0 radical (unpaired) electrons. The summed E-state index contributed by atoms with van der Waals surface area (Å²) in [6.07, 6.45) is -4.86. The highest BCUT2D eigenvalue weighted by Crippen LogP contribution is 2.23. The number of hydrogen-bond acceptors (Lipinski definition) is 5. The molecular formula is C20H13F4N5O2. The highest BCUT2D eigenvalue weighted by Gasteiger charge is 2.31. The number of nitrogens with zero attached hydrogens (tertiary/aromatic N) is 4. The summed E-state index contributed by atoms with van der Waals surface area (Å²) in [5.41, 5.74) is 1.62. The molecule has 1 N–H and O–H groups in total. The van der Waals surface area contributed by atoms with Gasteiger partial charge >= 0.3 is 6.36 Å². The summed E-state index contributed by atoms with van der Waals surface area (Å²) < 4.78 is 55.5. The molecule has 0 aliphatic rings. The third-order valence-corrected chi connectivity index (χ3v) is 4.20. The molecule has 0 unspecified atom stereocenters. The molecule has 0 bridgehead atoms. The molecule has 0 saturated heterocycles. The minimum atomic E-state index is -4.86. The first kappa shape index (κ1) is 20.3. The number of carbonyl (C=O) groups excluding carboxylic acids is 1. The number of aromatic nitrogens is 4. The van der Waals surface area contributed by atoms with Gasteiger partial charge in [-0.3, -0.25) is 4.79 Å². The quantitative estimate of drug-likeness (QED) is 0.487. The normalized spacial score (nSPS) is 11.5. The van der Waals surface area contributed by atoms with Crippen LogP contribution in [0.4, 0.5) is 17.6 Å². The van der Waals surface area contributed by atoms with E-state index in [1.165, 1.54) is 28.8 Å². The van der Waals surface area contributed by atoms with E-state index in [-0.39, 0.29) is 17.9 Å². The molecule has 2 heterocycles. The Hall–Kier alpha value is -4.02. The molecule has 0 saturated carbocycles. The second kappa shape index (κ2) is 8.01. The van der Waals surface area contributed by atoms with E-state index in [9.17, 15) is 22.4 Å². The van der Waals surface area contributed by atoms with Crippen LogP contribution in [0.5, 0.6) is 5.75 Å². The van der Waals surface area contributed by atoms with Crippen LogP contribution in [0, 0.1) is 5.82 Å². The molecule has 0 fully saturated rings. The summed E-state index contributed by atoms with van der Waals surface area (Å²) in [6.45, 7) is -0.0791. The third kappa shape index (κ3) is 4.77. The number of alkyl halides is 3. The lowest BCUT2D eigenvalue weighted by Crippen LogP contribution is -2.24. The van der Waals surface area contributed by atoms with Gasteiger partial charge in [-0.1, -0.05) is 6.07 Å². The molecule has 31 heavy (non-hydrogen) atoms. The average molecular weight is 431 g/mol. The predicted molar refractivity (Wildman–Crippen MR) is 100 cm³/mol. The maximum Gasteiger partial charge on any atom is 0.573 e. The lowest BCUT2D eigenvalue weighted by atomic mass is 10.1. The second-order valence-corrected chi connectivity index (χ2v) is 6.37. The molecule has 11 heteroatoms. The lowest BCUT2D eigenvalue weighted by Gasteiger charge is -2.10. The van der Waals surface area contributed by atoms with E-state index < -0.39 is 18.0 Å². The van der Waals surface area contributed by atoms with Crippen molar-refractivity contribution in [2.24, 2.45) is 0 Å². The molecule has 158 valence electrons. The minimum absolute atomic E-state index is 0.0180. The van der Waals surface area contributed by atoms with E-state index in [4.69, 9.17) is 0 Å². The van der Waals surface area contributed by atoms with E-state index in [0.29, 0.717) is 22.7 Å². The highest BCUT2D eigenvalue weighted by atomic mass is 19.4. The number of carbonyl (C=O) groups is 1. The van der Waals surface area contributed by atoms with Gasteiger partial charge in [0.05, 0.1) is 12.2 Å². The van der Waals surface area contributed by atoms with Gasteiger partial charge in [0.15, 0.2) is 11.5 Å². The van der Waals surface area contributed by atoms with E-state index in [2.05, 4.69) is 25.3 Å². The van der Waals surface area contributed by atoms with Gasteiger partial charge < -0.3 is 10.1 Å². The first-order valence-corrected chi connectivity index (χ1v) is 8.90. The molecule has 1 amide bonds. The van der Waals surface area contributed by atoms with E-state index in [1.54, 1.807) is 24.3 Å². The van der Waals surface area contributed by atoms with Crippen LogP contribution in [0.15, 0.2) is 60.7 Å². The van der Waals surface area contributed by atoms with Crippen LogP contribution in [-0.2, 0) is 6.54 Å². The fourth-order valence-electron chi connectivity index (χ4n) is 2.81. The van der Waals surface area contributed by atoms with Crippen molar-refractivity contribution < 1.29 is 27.1 Å². The average Bonchev–Trinajstić information content (AvgIpc) is 3.14. The van der Waals surface area contributed by atoms with Crippen LogP contribution in [-0.4, -0.2) is 32.1 Å². The predicted octanol–water partition coefficient (Wildman–Crippen LogP) is 3.76. The zero-order chi connectivity index (χ0) is 22.0. The topological polar surface area (TPSA) is 81.4 Å². The van der Waals surface area contributed by atoms with Gasteiger partial charge in [0.2, 0.25) is 0 Å². The summed E-state index contributed by atoms with van der Waals surface area (Å²) in [7, 11) is 0. The van der Waals surface area contributed by atoms with Crippen LogP contribution < -0.4 is 10.1 Å². The van der Waals surface area contributed by atoms with Crippen molar-refractivity contribution >= 4 is 11.6 Å². The SMILES string of the molecule is O=C(NCc1nnc2ccc(-c3ccc(F)cc3)nn12)c1cccc(OC(F)(F)F)c1. The molecule has 0 aliphatic heterocycles. The summed E-state index contributed by atoms with van der Waals surface area (Å²) in [5, 5.41) is 14.9. The first-order valence-electron chi connectivity index (χ1n) is 8.90. The van der Waals surface area contributed by atoms with Crippen molar-refractivity contribution in [3.63, 3.8) is 0 Å². The van der Waals surface area contributed by atoms with Crippen LogP contribution in [0.2, 0.25) is 0 Å². The maximum absolute atomic E-state index is 13.1. The summed E-state index contributed by atoms with van der Waals surface area (Å²) in [4.78, 5) is 12.4. The van der Waals surface area contributed by atoms with Crippen molar-refractivity contribution in [2.75, 3.05) is 0 Å². The van der Waals surface area contributed by atoms with Crippen molar-refractivity contribution in [1.82, 2.24) is 25.1 Å². The van der Waals surface area contributed by atoms with Crippen molar-refractivity contribution in [3.8, 4) is 17.0 Å².